The molecule has 1 saturated heterocycles. The first-order valence-electron chi connectivity index (χ1n) is 8.98. The van der Waals surface area contributed by atoms with E-state index in [1.807, 2.05) is 54.8 Å². The second-order valence-electron chi connectivity index (χ2n) is 7.57. The molecule has 0 aliphatic carbocycles. The number of aromatic nitrogens is 5. The molecule has 138 valence electrons. The molecule has 4 heterocycles. The number of hydrogen-bond donors (Lipinski definition) is 3. The standard InChI is InChI=1S/C19H21N7O/c1-12-15-7-6-13(8-16(15)23-22-12)20-18-21-17-5-3-4-14(26(17)24-18)9-25-10-19(2,27)11-25/h3-8,27H,9-11H2,1-2H3,(H,20,24)(H,22,23). The molecule has 3 N–H and O–H groups in total. The number of aliphatic hydroxyl groups is 1. The van der Waals surface area contributed by atoms with Crippen molar-refractivity contribution in [2.75, 3.05) is 18.4 Å². The average Bonchev–Trinajstić information content (AvgIpc) is 3.17. The SMILES string of the molecule is Cc1[nH]nc2cc(Nc3nc4cccc(CN5CC(C)(O)C5)n4n3)ccc12. The predicted molar refractivity (Wildman–Crippen MR) is 103 cm³/mol. The molecular formula is C19H21N7O. The molecule has 0 saturated carbocycles. The number of rotatable bonds is 4. The third-order valence-electron chi connectivity index (χ3n) is 4.95. The molecule has 0 amide bonds. The van der Waals surface area contributed by atoms with Crippen LogP contribution in [0.4, 0.5) is 11.6 Å². The van der Waals surface area contributed by atoms with Crippen LogP contribution in [0.5, 0.6) is 0 Å². The predicted octanol–water partition coefficient (Wildman–Crippen LogP) is 2.22. The van der Waals surface area contributed by atoms with E-state index in [0.29, 0.717) is 19.0 Å². The summed E-state index contributed by atoms with van der Waals surface area (Å²) in [6.07, 6.45) is 0. The lowest BCUT2D eigenvalue weighted by Crippen LogP contribution is -2.59. The Morgan fingerprint density at radius 2 is 2.11 bits per heavy atom. The van der Waals surface area contributed by atoms with Gasteiger partial charge in [0.1, 0.15) is 0 Å². The Hall–Kier alpha value is -2.97. The van der Waals surface area contributed by atoms with E-state index in [0.717, 1.165) is 40.2 Å². The van der Waals surface area contributed by atoms with E-state index in [9.17, 15) is 5.11 Å². The first-order valence-corrected chi connectivity index (χ1v) is 8.98. The fraction of sp³-hybridized carbons (Fsp3) is 0.316. The second kappa shape index (κ2) is 5.77. The number of aryl methyl sites for hydroxylation is 1. The minimum absolute atomic E-state index is 0.546. The number of anilines is 2. The first kappa shape index (κ1) is 16.2. The van der Waals surface area contributed by atoms with Gasteiger partial charge in [-0.3, -0.25) is 10.00 Å². The molecule has 0 bridgehead atoms. The van der Waals surface area contributed by atoms with Crippen molar-refractivity contribution in [1.82, 2.24) is 29.7 Å². The Balaban J connectivity index is 1.41. The van der Waals surface area contributed by atoms with Crippen LogP contribution in [0, 0.1) is 6.92 Å². The van der Waals surface area contributed by atoms with Gasteiger partial charge in [-0.1, -0.05) is 6.07 Å². The van der Waals surface area contributed by atoms with E-state index >= 15 is 0 Å². The lowest BCUT2D eigenvalue weighted by atomic mass is 9.97. The third kappa shape index (κ3) is 2.92. The molecule has 0 atom stereocenters. The van der Waals surface area contributed by atoms with Gasteiger partial charge in [0.15, 0.2) is 5.65 Å². The van der Waals surface area contributed by atoms with E-state index in [2.05, 4.69) is 30.5 Å². The maximum Gasteiger partial charge on any atom is 0.247 e. The Morgan fingerprint density at radius 3 is 2.93 bits per heavy atom. The van der Waals surface area contributed by atoms with E-state index in [1.165, 1.54) is 0 Å². The largest absolute Gasteiger partial charge is 0.388 e. The Kier molecular flexibility index (Phi) is 3.46. The number of β-amino-alcohol motifs (C(OH)–C–C–N with tert-alkyl or cyclic N) is 1. The van der Waals surface area contributed by atoms with Gasteiger partial charge < -0.3 is 10.4 Å². The van der Waals surface area contributed by atoms with Crippen LogP contribution in [0.2, 0.25) is 0 Å². The quantitative estimate of drug-likeness (QED) is 0.515. The topological polar surface area (TPSA) is 94.4 Å². The third-order valence-corrected chi connectivity index (χ3v) is 4.95. The number of pyridine rings is 1. The number of fused-ring (bicyclic) bond motifs is 2. The Labute approximate surface area is 155 Å². The molecule has 1 aliphatic rings. The molecule has 1 aliphatic heterocycles. The van der Waals surface area contributed by atoms with Gasteiger partial charge in [-0.05, 0) is 44.2 Å². The highest BCUT2D eigenvalue weighted by atomic mass is 16.3. The highest BCUT2D eigenvalue weighted by molar-refractivity contribution is 5.84. The van der Waals surface area contributed by atoms with Gasteiger partial charge in [-0.25, -0.2) is 4.52 Å². The summed E-state index contributed by atoms with van der Waals surface area (Å²) in [7, 11) is 0. The molecule has 27 heavy (non-hydrogen) atoms. The fourth-order valence-corrected chi connectivity index (χ4v) is 3.74. The zero-order chi connectivity index (χ0) is 18.6. The van der Waals surface area contributed by atoms with Gasteiger partial charge in [-0.15, -0.1) is 5.10 Å². The summed E-state index contributed by atoms with van der Waals surface area (Å²) in [4.78, 5) is 6.77. The number of likely N-dealkylation sites (tertiary alicyclic amines) is 1. The van der Waals surface area contributed by atoms with E-state index in [-0.39, 0.29) is 0 Å². The summed E-state index contributed by atoms with van der Waals surface area (Å²) in [5.74, 6) is 0.546. The van der Waals surface area contributed by atoms with Crippen molar-refractivity contribution >= 4 is 28.2 Å². The van der Waals surface area contributed by atoms with Gasteiger partial charge in [0.2, 0.25) is 5.95 Å². The molecule has 8 heteroatoms. The summed E-state index contributed by atoms with van der Waals surface area (Å²) in [6, 6.07) is 12.0. The minimum Gasteiger partial charge on any atom is -0.388 e. The molecule has 1 aromatic carbocycles. The van der Waals surface area contributed by atoms with Crippen LogP contribution in [0.1, 0.15) is 18.3 Å². The number of nitrogens with zero attached hydrogens (tertiary/aromatic N) is 5. The van der Waals surface area contributed by atoms with Crippen LogP contribution in [-0.4, -0.2) is 53.5 Å². The fourth-order valence-electron chi connectivity index (χ4n) is 3.74. The summed E-state index contributed by atoms with van der Waals surface area (Å²) < 4.78 is 1.85. The van der Waals surface area contributed by atoms with Crippen molar-refractivity contribution in [2.24, 2.45) is 0 Å². The summed E-state index contributed by atoms with van der Waals surface area (Å²) in [5.41, 5.74) is 4.11. The van der Waals surface area contributed by atoms with Crippen molar-refractivity contribution in [1.29, 1.82) is 0 Å². The average molecular weight is 363 g/mol. The number of nitrogens with one attached hydrogen (secondary N) is 2. The monoisotopic (exact) mass is 363 g/mol. The Bertz CT molecular complexity index is 1140. The summed E-state index contributed by atoms with van der Waals surface area (Å²) >= 11 is 0. The van der Waals surface area contributed by atoms with Crippen LogP contribution >= 0.6 is 0 Å². The molecule has 0 unspecified atom stereocenters. The Morgan fingerprint density at radius 1 is 1.26 bits per heavy atom. The number of benzene rings is 1. The molecule has 0 radical (unpaired) electrons. The molecule has 5 rings (SSSR count). The maximum atomic E-state index is 9.93. The molecule has 0 spiro atoms. The number of aromatic amines is 1. The molecular weight excluding hydrogens is 342 g/mol. The van der Waals surface area contributed by atoms with Gasteiger partial charge in [0.05, 0.1) is 16.8 Å². The minimum atomic E-state index is -0.577. The maximum absolute atomic E-state index is 9.93. The molecule has 1 fully saturated rings. The van der Waals surface area contributed by atoms with E-state index in [1.54, 1.807) is 0 Å². The van der Waals surface area contributed by atoms with E-state index in [4.69, 9.17) is 0 Å². The van der Waals surface area contributed by atoms with Crippen molar-refractivity contribution in [3.63, 3.8) is 0 Å². The van der Waals surface area contributed by atoms with Gasteiger partial charge in [-0.2, -0.15) is 10.1 Å². The lowest BCUT2D eigenvalue weighted by Gasteiger charge is -2.44. The zero-order valence-electron chi connectivity index (χ0n) is 15.3. The van der Waals surface area contributed by atoms with E-state index < -0.39 is 5.60 Å². The number of hydrogen-bond acceptors (Lipinski definition) is 6. The van der Waals surface area contributed by atoms with Crippen LogP contribution in [0.15, 0.2) is 36.4 Å². The molecule has 3 aromatic heterocycles. The van der Waals surface area contributed by atoms with Crippen molar-refractivity contribution in [3.8, 4) is 0 Å². The highest BCUT2D eigenvalue weighted by Gasteiger charge is 2.36. The van der Waals surface area contributed by atoms with Crippen molar-refractivity contribution in [3.05, 3.63) is 47.8 Å². The summed E-state index contributed by atoms with van der Waals surface area (Å²) in [6.45, 7) is 5.94. The molecule has 4 aromatic rings. The number of H-pyrrole nitrogens is 1. The van der Waals surface area contributed by atoms with Crippen LogP contribution in [-0.2, 0) is 6.54 Å². The zero-order valence-corrected chi connectivity index (χ0v) is 15.3. The van der Waals surface area contributed by atoms with Gasteiger partial charge in [0, 0.05) is 36.4 Å². The van der Waals surface area contributed by atoms with Crippen LogP contribution in [0.25, 0.3) is 16.6 Å². The normalized spacial score (nSPS) is 16.7. The smallest absolute Gasteiger partial charge is 0.247 e. The van der Waals surface area contributed by atoms with Crippen molar-refractivity contribution in [2.45, 2.75) is 26.0 Å². The second-order valence-corrected chi connectivity index (χ2v) is 7.57. The summed E-state index contributed by atoms with van der Waals surface area (Å²) in [5, 5.41) is 26.2. The van der Waals surface area contributed by atoms with Gasteiger partial charge >= 0.3 is 0 Å². The van der Waals surface area contributed by atoms with Crippen molar-refractivity contribution < 1.29 is 5.11 Å². The first-order chi connectivity index (χ1) is 13.0. The van der Waals surface area contributed by atoms with Crippen LogP contribution < -0.4 is 5.32 Å². The molecule has 8 nitrogen and oxygen atoms in total. The van der Waals surface area contributed by atoms with Crippen LogP contribution in [0.3, 0.4) is 0 Å². The van der Waals surface area contributed by atoms with Gasteiger partial charge in [0.25, 0.3) is 0 Å². The lowest BCUT2D eigenvalue weighted by molar-refractivity contribution is -0.0877. The highest BCUT2D eigenvalue weighted by Crippen LogP contribution is 2.24.